The zero-order chi connectivity index (χ0) is 15.6. The lowest BCUT2D eigenvalue weighted by Crippen LogP contribution is -2.39. The second-order valence-corrected chi connectivity index (χ2v) is 5.67. The molecule has 0 aliphatic rings. The average molecular weight is 294 g/mol. The highest BCUT2D eigenvalue weighted by molar-refractivity contribution is 5.69. The smallest absolute Gasteiger partial charge is 0.332 e. The van der Waals surface area contributed by atoms with Gasteiger partial charge in [0.2, 0.25) is 0 Å². The van der Waals surface area contributed by atoms with E-state index in [0.717, 1.165) is 6.42 Å². The van der Waals surface area contributed by atoms with E-state index in [9.17, 15) is 9.59 Å². The number of aryl methyl sites for hydroxylation is 2. The van der Waals surface area contributed by atoms with E-state index in [1.165, 1.54) is 9.13 Å². The van der Waals surface area contributed by atoms with Crippen LogP contribution in [0, 0.1) is 5.92 Å². The first-order chi connectivity index (χ1) is 9.97. The summed E-state index contributed by atoms with van der Waals surface area (Å²) in [6.07, 6.45) is 2.93. The predicted octanol–water partition coefficient (Wildman–Crippen LogP) is 0.325. The Labute approximate surface area is 122 Å². The summed E-state index contributed by atoms with van der Waals surface area (Å²) in [5.74, 6) is 0.520. The first-order valence-electron chi connectivity index (χ1n) is 7.23. The Morgan fingerprint density at radius 1 is 1.29 bits per heavy atom. The van der Waals surface area contributed by atoms with Crippen molar-refractivity contribution < 1.29 is 5.11 Å². The molecule has 0 aromatic carbocycles. The van der Waals surface area contributed by atoms with Crippen LogP contribution in [-0.2, 0) is 20.1 Å². The number of aromatic nitrogens is 4. The quantitative estimate of drug-likeness (QED) is 0.832. The van der Waals surface area contributed by atoms with Crippen molar-refractivity contribution in [3.63, 3.8) is 0 Å². The minimum Gasteiger partial charge on any atom is -0.396 e. The average Bonchev–Trinajstić information content (AvgIpc) is 2.87. The third-order valence-electron chi connectivity index (χ3n) is 3.59. The molecule has 116 valence electrons. The molecule has 1 N–H and O–H groups in total. The van der Waals surface area contributed by atoms with Crippen molar-refractivity contribution in [1.82, 2.24) is 18.7 Å². The zero-order valence-electron chi connectivity index (χ0n) is 12.7. The number of hydrogen-bond acceptors (Lipinski definition) is 4. The lowest BCUT2D eigenvalue weighted by molar-refractivity contribution is 0.277. The molecule has 0 fully saturated rings. The van der Waals surface area contributed by atoms with Crippen molar-refractivity contribution in [3.8, 4) is 0 Å². The van der Waals surface area contributed by atoms with E-state index in [-0.39, 0.29) is 18.7 Å². The van der Waals surface area contributed by atoms with E-state index in [4.69, 9.17) is 5.11 Å². The van der Waals surface area contributed by atoms with Crippen molar-refractivity contribution in [2.45, 2.75) is 39.8 Å². The Balaban J connectivity index is 2.58. The van der Waals surface area contributed by atoms with Gasteiger partial charge in [-0.15, -0.1) is 0 Å². The summed E-state index contributed by atoms with van der Waals surface area (Å²) < 4.78 is 4.37. The van der Waals surface area contributed by atoms with Gasteiger partial charge in [-0.05, 0) is 18.8 Å². The lowest BCUT2D eigenvalue weighted by Gasteiger charge is -2.10. The Bertz CT molecular complexity index is 739. The molecule has 2 rings (SSSR count). The molecule has 0 saturated carbocycles. The Morgan fingerprint density at radius 2 is 2.00 bits per heavy atom. The van der Waals surface area contributed by atoms with Gasteiger partial charge in [0.15, 0.2) is 11.2 Å². The molecule has 0 saturated heterocycles. The number of hydrogen-bond donors (Lipinski definition) is 1. The van der Waals surface area contributed by atoms with Crippen molar-refractivity contribution in [2.24, 2.45) is 13.0 Å². The number of rotatable bonds is 6. The van der Waals surface area contributed by atoms with Crippen LogP contribution in [0.15, 0.2) is 15.9 Å². The van der Waals surface area contributed by atoms with Crippen molar-refractivity contribution in [2.75, 3.05) is 6.61 Å². The molecule has 0 unspecified atom stereocenters. The summed E-state index contributed by atoms with van der Waals surface area (Å²) >= 11 is 0. The van der Waals surface area contributed by atoms with Crippen LogP contribution in [0.4, 0.5) is 0 Å². The fourth-order valence-corrected chi connectivity index (χ4v) is 2.31. The van der Waals surface area contributed by atoms with Crippen LogP contribution in [0.1, 0.15) is 26.7 Å². The fourth-order valence-electron chi connectivity index (χ4n) is 2.31. The molecule has 0 spiro atoms. The summed E-state index contributed by atoms with van der Waals surface area (Å²) in [7, 11) is 1.61. The topological polar surface area (TPSA) is 82.1 Å². The van der Waals surface area contributed by atoms with Gasteiger partial charge in [-0.1, -0.05) is 13.8 Å². The minimum absolute atomic E-state index is 0.0553. The Kier molecular flexibility index (Phi) is 4.62. The molecular weight excluding hydrogens is 272 g/mol. The first-order valence-corrected chi connectivity index (χ1v) is 7.23. The fraction of sp³-hybridized carbons (Fsp3) is 0.643. The molecule has 2 aromatic heterocycles. The van der Waals surface area contributed by atoms with E-state index >= 15 is 0 Å². The second kappa shape index (κ2) is 6.26. The number of imidazole rings is 1. The van der Waals surface area contributed by atoms with Gasteiger partial charge in [-0.3, -0.25) is 13.9 Å². The van der Waals surface area contributed by atoms with Gasteiger partial charge in [-0.2, -0.15) is 0 Å². The highest BCUT2D eigenvalue weighted by atomic mass is 16.3. The monoisotopic (exact) mass is 294 g/mol. The standard InChI is InChI=1S/C14H22N4O3/c1-10(2)5-7-17-9-15-12-11(17)13(20)18(6-4-8-19)14(21)16(12)3/h9-10,19H,4-8H2,1-3H3. The summed E-state index contributed by atoms with van der Waals surface area (Å²) in [6, 6.07) is 0. The number of fused-ring (bicyclic) bond motifs is 1. The molecule has 0 bridgehead atoms. The van der Waals surface area contributed by atoms with Gasteiger partial charge in [-0.25, -0.2) is 9.78 Å². The van der Waals surface area contributed by atoms with Gasteiger partial charge < -0.3 is 9.67 Å². The first kappa shape index (κ1) is 15.5. The van der Waals surface area contributed by atoms with Crippen LogP contribution in [0.2, 0.25) is 0 Å². The zero-order valence-corrected chi connectivity index (χ0v) is 12.7. The van der Waals surface area contributed by atoms with E-state index < -0.39 is 5.69 Å². The molecule has 21 heavy (non-hydrogen) atoms. The molecule has 7 nitrogen and oxygen atoms in total. The van der Waals surface area contributed by atoms with Crippen LogP contribution in [-0.4, -0.2) is 30.4 Å². The van der Waals surface area contributed by atoms with Crippen molar-refractivity contribution in [1.29, 1.82) is 0 Å². The normalized spacial score (nSPS) is 11.7. The van der Waals surface area contributed by atoms with Crippen molar-refractivity contribution in [3.05, 3.63) is 27.2 Å². The minimum atomic E-state index is -0.393. The highest BCUT2D eigenvalue weighted by Gasteiger charge is 2.15. The van der Waals surface area contributed by atoms with Gasteiger partial charge in [0.1, 0.15) is 0 Å². The molecule has 0 aliphatic heterocycles. The Hall–Kier alpha value is -1.89. The van der Waals surface area contributed by atoms with Gasteiger partial charge in [0.05, 0.1) is 6.33 Å². The van der Waals surface area contributed by atoms with Crippen LogP contribution >= 0.6 is 0 Å². The third-order valence-corrected chi connectivity index (χ3v) is 3.59. The van der Waals surface area contributed by atoms with Crippen LogP contribution in [0.25, 0.3) is 11.2 Å². The molecule has 2 aromatic rings. The van der Waals surface area contributed by atoms with Crippen LogP contribution in [0.3, 0.4) is 0 Å². The van der Waals surface area contributed by atoms with Gasteiger partial charge in [0, 0.05) is 26.7 Å². The highest BCUT2D eigenvalue weighted by Crippen LogP contribution is 2.09. The SMILES string of the molecule is CC(C)CCn1cnc2c1c(=O)n(CCCO)c(=O)n2C. The third kappa shape index (κ3) is 2.92. The predicted molar refractivity (Wildman–Crippen MR) is 80.4 cm³/mol. The van der Waals surface area contributed by atoms with Gasteiger partial charge >= 0.3 is 5.69 Å². The largest absolute Gasteiger partial charge is 0.396 e. The maximum Gasteiger partial charge on any atom is 0.332 e. The molecule has 0 amide bonds. The summed E-state index contributed by atoms with van der Waals surface area (Å²) in [6.45, 7) is 5.10. The molecule has 7 heteroatoms. The van der Waals surface area contributed by atoms with E-state index in [0.29, 0.717) is 30.0 Å². The molecular formula is C14H22N4O3. The van der Waals surface area contributed by atoms with E-state index in [1.54, 1.807) is 13.4 Å². The van der Waals surface area contributed by atoms with E-state index in [1.807, 2.05) is 4.57 Å². The molecule has 0 atom stereocenters. The Morgan fingerprint density at radius 3 is 2.62 bits per heavy atom. The summed E-state index contributed by atoms with van der Waals surface area (Å²) in [4.78, 5) is 28.9. The summed E-state index contributed by atoms with van der Waals surface area (Å²) in [5.41, 5.74) is 0.141. The van der Waals surface area contributed by atoms with Crippen molar-refractivity contribution >= 4 is 11.2 Å². The number of nitrogens with zero attached hydrogens (tertiary/aromatic N) is 4. The second-order valence-electron chi connectivity index (χ2n) is 5.67. The van der Waals surface area contributed by atoms with Gasteiger partial charge in [0.25, 0.3) is 5.56 Å². The molecule has 0 radical (unpaired) electrons. The van der Waals surface area contributed by atoms with Crippen LogP contribution in [0.5, 0.6) is 0 Å². The maximum atomic E-state index is 12.5. The van der Waals surface area contributed by atoms with E-state index in [2.05, 4.69) is 18.8 Å². The molecule has 0 aliphatic carbocycles. The number of aliphatic hydroxyl groups is 1. The lowest BCUT2D eigenvalue weighted by atomic mass is 10.1. The van der Waals surface area contributed by atoms with Crippen LogP contribution < -0.4 is 11.2 Å². The number of aliphatic hydroxyl groups excluding tert-OH is 1. The molecule has 2 heterocycles. The maximum absolute atomic E-state index is 12.5. The summed E-state index contributed by atoms with van der Waals surface area (Å²) in [5, 5.41) is 8.91.